The highest BCUT2D eigenvalue weighted by atomic mass is 16.1. The molecule has 1 nitrogen and oxygen atoms in total. The molecule has 0 aliphatic carbocycles. The van der Waals surface area contributed by atoms with Crippen molar-refractivity contribution < 1.29 is 4.79 Å². The molecule has 1 aromatic carbocycles. The molecular formula is C19H28O. The molecule has 0 saturated carbocycles. The third-order valence-electron chi connectivity index (χ3n) is 3.55. The van der Waals surface area contributed by atoms with Crippen LogP contribution in [0.3, 0.4) is 0 Å². The number of hydrogen-bond donors (Lipinski definition) is 0. The van der Waals surface area contributed by atoms with Gasteiger partial charge in [0.25, 0.3) is 0 Å². The summed E-state index contributed by atoms with van der Waals surface area (Å²) in [6.07, 6.45) is 17.7. The second kappa shape index (κ2) is 12.7. The van der Waals surface area contributed by atoms with E-state index in [2.05, 4.69) is 42.5 Å². The van der Waals surface area contributed by atoms with Crippen LogP contribution in [0.1, 0.15) is 69.8 Å². The van der Waals surface area contributed by atoms with Gasteiger partial charge in [0.2, 0.25) is 0 Å². The quantitative estimate of drug-likeness (QED) is 0.347. The first kappa shape index (κ1) is 16.7. The minimum Gasteiger partial charge on any atom is -0.303 e. The number of unbranched alkanes of at least 4 members (excludes halogenated alkanes) is 9. The van der Waals surface area contributed by atoms with E-state index in [0.29, 0.717) is 0 Å². The molecular weight excluding hydrogens is 244 g/mol. The summed E-state index contributed by atoms with van der Waals surface area (Å²) >= 11 is 0. The van der Waals surface area contributed by atoms with Crippen molar-refractivity contribution in [3.8, 4) is 0 Å². The molecule has 1 rings (SSSR count). The van der Waals surface area contributed by atoms with Crippen LogP contribution in [0.2, 0.25) is 0 Å². The fraction of sp³-hybridized carbons (Fsp3) is 0.526. The van der Waals surface area contributed by atoms with Crippen LogP contribution in [-0.4, -0.2) is 6.29 Å². The van der Waals surface area contributed by atoms with Gasteiger partial charge in [0.05, 0.1) is 0 Å². The molecule has 1 heteroatoms. The van der Waals surface area contributed by atoms with E-state index in [1.807, 2.05) is 0 Å². The minimum absolute atomic E-state index is 0.744. The zero-order valence-electron chi connectivity index (χ0n) is 12.6. The van der Waals surface area contributed by atoms with Crippen molar-refractivity contribution in [2.75, 3.05) is 0 Å². The number of carbonyl (C=O) groups excluding carboxylic acids is 1. The molecule has 110 valence electrons. The SMILES string of the molecule is O=CCCCCCCCCCC/C=C\c1ccccc1. The summed E-state index contributed by atoms with van der Waals surface area (Å²) in [4.78, 5) is 10.2. The van der Waals surface area contributed by atoms with Crippen molar-refractivity contribution >= 4 is 12.4 Å². The first-order chi connectivity index (χ1) is 9.93. The van der Waals surface area contributed by atoms with Crippen LogP contribution in [0.25, 0.3) is 6.08 Å². The zero-order chi connectivity index (χ0) is 14.3. The van der Waals surface area contributed by atoms with Crippen molar-refractivity contribution in [2.45, 2.75) is 64.2 Å². The molecule has 0 spiro atoms. The van der Waals surface area contributed by atoms with E-state index in [9.17, 15) is 4.79 Å². The van der Waals surface area contributed by atoms with Crippen LogP contribution in [0, 0.1) is 0 Å². The molecule has 0 amide bonds. The van der Waals surface area contributed by atoms with Crippen LogP contribution >= 0.6 is 0 Å². The maximum atomic E-state index is 10.2. The van der Waals surface area contributed by atoms with Gasteiger partial charge in [-0.25, -0.2) is 0 Å². The fourth-order valence-corrected chi connectivity index (χ4v) is 2.33. The summed E-state index contributed by atoms with van der Waals surface area (Å²) in [5.41, 5.74) is 1.29. The molecule has 0 aliphatic heterocycles. The summed E-state index contributed by atoms with van der Waals surface area (Å²) < 4.78 is 0. The van der Waals surface area contributed by atoms with Gasteiger partial charge < -0.3 is 4.79 Å². The summed E-state index contributed by atoms with van der Waals surface area (Å²) in [7, 11) is 0. The van der Waals surface area contributed by atoms with Crippen molar-refractivity contribution in [1.82, 2.24) is 0 Å². The molecule has 0 radical (unpaired) electrons. The highest BCUT2D eigenvalue weighted by molar-refractivity contribution is 5.49. The molecule has 0 aromatic heterocycles. The molecule has 20 heavy (non-hydrogen) atoms. The molecule has 0 fully saturated rings. The highest BCUT2D eigenvalue weighted by Gasteiger charge is 1.92. The average molecular weight is 272 g/mol. The Kier molecular flexibility index (Phi) is 10.6. The number of hydrogen-bond acceptors (Lipinski definition) is 1. The van der Waals surface area contributed by atoms with Gasteiger partial charge in [-0.1, -0.05) is 81.0 Å². The first-order valence-corrected chi connectivity index (χ1v) is 8.08. The summed E-state index contributed by atoms with van der Waals surface area (Å²) in [6, 6.07) is 10.5. The Bertz CT molecular complexity index is 353. The van der Waals surface area contributed by atoms with E-state index in [-0.39, 0.29) is 0 Å². The van der Waals surface area contributed by atoms with E-state index >= 15 is 0 Å². The maximum Gasteiger partial charge on any atom is 0.119 e. The van der Waals surface area contributed by atoms with Gasteiger partial charge in [-0.05, 0) is 24.8 Å². The topological polar surface area (TPSA) is 17.1 Å². The third-order valence-corrected chi connectivity index (χ3v) is 3.55. The predicted octanol–water partition coefficient (Wildman–Crippen LogP) is 5.80. The molecule has 0 unspecified atom stereocenters. The van der Waals surface area contributed by atoms with Gasteiger partial charge in [0.15, 0.2) is 0 Å². The minimum atomic E-state index is 0.744. The Morgan fingerprint density at radius 1 is 0.700 bits per heavy atom. The molecule has 0 bridgehead atoms. The third kappa shape index (κ3) is 9.55. The van der Waals surface area contributed by atoms with Crippen LogP contribution in [0.4, 0.5) is 0 Å². The molecule has 1 aromatic rings. The second-order valence-corrected chi connectivity index (χ2v) is 5.39. The molecule has 0 N–H and O–H groups in total. The number of allylic oxidation sites excluding steroid dienone is 1. The van der Waals surface area contributed by atoms with Crippen molar-refractivity contribution in [3.63, 3.8) is 0 Å². The smallest absolute Gasteiger partial charge is 0.119 e. The number of carbonyl (C=O) groups is 1. The lowest BCUT2D eigenvalue weighted by atomic mass is 10.1. The first-order valence-electron chi connectivity index (χ1n) is 8.08. The fourth-order valence-electron chi connectivity index (χ4n) is 2.33. The average Bonchev–Trinajstić information content (AvgIpc) is 2.49. The van der Waals surface area contributed by atoms with E-state index in [4.69, 9.17) is 0 Å². The van der Waals surface area contributed by atoms with Crippen LogP contribution in [-0.2, 0) is 4.79 Å². The summed E-state index contributed by atoms with van der Waals surface area (Å²) in [6.45, 7) is 0. The lowest BCUT2D eigenvalue weighted by molar-refractivity contribution is -0.107. The molecule has 0 saturated heterocycles. The van der Waals surface area contributed by atoms with Gasteiger partial charge in [0.1, 0.15) is 6.29 Å². The van der Waals surface area contributed by atoms with E-state index < -0.39 is 0 Å². The summed E-state index contributed by atoms with van der Waals surface area (Å²) in [5.74, 6) is 0. The Morgan fingerprint density at radius 3 is 1.85 bits per heavy atom. The molecule has 0 aliphatic rings. The van der Waals surface area contributed by atoms with Gasteiger partial charge >= 0.3 is 0 Å². The van der Waals surface area contributed by atoms with Gasteiger partial charge in [-0.2, -0.15) is 0 Å². The van der Waals surface area contributed by atoms with Crippen molar-refractivity contribution in [3.05, 3.63) is 42.0 Å². The van der Waals surface area contributed by atoms with Crippen LogP contribution in [0.15, 0.2) is 36.4 Å². The second-order valence-electron chi connectivity index (χ2n) is 5.39. The normalized spacial score (nSPS) is 11.0. The Labute approximate surface area is 124 Å². The highest BCUT2D eigenvalue weighted by Crippen LogP contribution is 2.11. The van der Waals surface area contributed by atoms with Crippen molar-refractivity contribution in [2.24, 2.45) is 0 Å². The number of rotatable bonds is 12. The van der Waals surface area contributed by atoms with Gasteiger partial charge in [0, 0.05) is 6.42 Å². The predicted molar refractivity (Wildman–Crippen MR) is 87.7 cm³/mol. The number of aldehydes is 1. The Hall–Kier alpha value is -1.37. The summed E-state index contributed by atoms with van der Waals surface area (Å²) in [5, 5.41) is 0. The lowest BCUT2D eigenvalue weighted by Gasteiger charge is -2.00. The van der Waals surface area contributed by atoms with Gasteiger partial charge in [-0.15, -0.1) is 0 Å². The van der Waals surface area contributed by atoms with Crippen molar-refractivity contribution in [1.29, 1.82) is 0 Å². The Balaban J connectivity index is 1.85. The van der Waals surface area contributed by atoms with Crippen LogP contribution in [0.5, 0.6) is 0 Å². The van der Waals surface area contributed by atoms with Crippen LogP contribution < -0.4 is 0 Å². The van der Waals surface area contributed by atoms with E-state index in [0.717, 1.165) is 19.1 Å². The lowest BCUT2D eigenvalue weighted by Crippen LogP contribution is -1.82. The van der Waals surface area contributed by atoms with Gasteiger partial charge in [-0.3, -0.25) is 0 Å². The molecule has 0 atom stereocenters. The largest absolute Gasteiger partial charge is 0.303 e. The number of benzene rings is 1. The van der Waals surface area contributed by atoms with E-state index in [1.54, 1.807) is 0 Å². The standard InChI is InChI=1S/C19H28O/c20-18-14-9-7-5-3-1-2-4-6-8-11-15-19-16-12-10-13-17-19/h10-13,15-18H,1-9,14H2/b15-11-. The zero-order valence-corrected chi connectivity index (χ0v) is 12.6. The Morgan fingerprint density at radius 2 is 1.25 bits per heavy atom. The molecule has 0 heterocycles. The monoisotopic (exact) mass is 272 g/mol. The maximum absolute atomic E-state index is 10.2. The van der Waals surface area contributed by atoms with E-state index in [1.165, 1.54) is 56.9 Å².